The third-order valence-corrected chi connectivity index (χ3v) is 8.02. The first-order chi connectivity index (χ1) is 21.0. The maximum atomic E-state index is 13.0. The van der Waals surface area contributed by atoms with Crippen LogP contribution in [0.3, 0.4) is 0 Å². The number of piperidine rings is 2. The predicted molar refractivity (Wildman–Crippen MR) is 165 cm³/mol. The third kappa shape index (κ3) is 6.30. The summed E-state index contributed by atoms with van der Waals surface area (Å²) in [5.74, 6) is 1.45. The number of ether oxygens (including phenoxy) is 1. The van der Waals surface area contributed by atoms with E-state index < -0.39 is 6.09 Å². The van der Waals surface area contributed by atoms with Crippen molar-refractivity contribution in [2.45, 2.75) is 45.1 Å². The molecule has 2 aliphatic heterocycles. The molecule has 6 rings (SSSR count). The number of nitrogens with one attached hydrogen (secondary N) is 2. The quantitative estimate of drug-likeness (QED) is 0.239. The van der Waals surface area contributed by atoms with E-state index in [2.05, 4.69) is 20.6 Å². The van der Waals surface area contributed by atoms with E-state index in [0.717, 1.165) is 67.2 Å². The van der Waals surface area contributed by atoms with Crippen molar-refractivity contribution in [3.63, 3.8) is 0 Å². The molecule has 0 saturated carbocycles. The number of carboxylic acid groups (broad SMARTS) is 1. The van der Waals surface area contributed by atoms with Gasteiger partial charge in [-0.25, -0.2) is 24.5 Å². The van der Waals surface area contributed by atoms with Crippen LogP contribution in [0.15, 0.2) is 60.9 Å². The van der Waals surface area contributed by atoms with Crippen LogP contribution in [0.2, 0.25) is 0 Å². The van der Waals surface area contributed by atoms with E-state index in [4.69, 9.17) is 9.72 Å². The number of carbonyl (C=O) groups is 2. The Morgan fingerprint density at radius 2 is 1.74 bits per heavy atom. The van der Waals surface area contributed by atoms with Gasteiger partial charge >= 0.3 is 12.1 Å². The second-order valence-electron chi connectivity index (χ2n) is 11.0. The monoisotopic (exact) mass is 581 g/mol. The highest BCUT2D eigenvalue weighted by molar-refractivity contribution is 6.04. The molecule has 222 valence electrons. The summed E-state index contributed by atoms with van der Waals surface area (Å²) in [5, 5.41) is 17.5. The Balaban J connectivity index is 1.27. The van der Waals surface area contributed by atoms with Crippen molar-refractivity contribution in [3.8, 4) is 22.9 Å². The molecular weight excluding hydrogens is 546 g/mol. The highest BCUT2D eigenvalue weighted by Crippen LogP contribution is 2.38. The summed E-state index contributed by atoms with van der Waals surface area (Å²) in [6.07, 6.45) is 7.25. The molecule has 4 aromatic rings. The lowest BCUT2D eigenvalue weighted by Crippen LogP contribution is -2.44. The largest absolute Gasteiger partial charge is 0.465 e. The fourth-order valence-electron chi connectivity index (χ4n) is 5.77. The number of aryl methyl sites for hydroxylation is 1. The molecule has 11 heteroatoms. The van der Waals surface area contributed by atoms with Gasteiger partial charge in [0.15, 0.2) is 0 Å². The molecule has 4 heterocycles. The van der Waals surface area contributed by atoms with Gasteiger partial charge in [-0.15, -0.1) is 0 Å². The standard InChI is InChI=1S/C32H35N7O4/c1-21-12-13-23-24(9-5-11-26(23)37-31(40)38-17-3-2-4-18-38)28(21)43-29-25(10-6-15-33-29)27-14-16-34-30(36-27)35-22-8-7-19-39(20-22)32(41)42/h5-6,9-16,22H,2-4,7-8,17-20H2,1H3,(H,37,40)(H,41,42)(H,34,35,36)/t22-/m0/s1. The van der Waals surface area contributed by atoms with Gasteiger partial charge in [-0.1, -0.05) is 24.3 Å². The van der Waals surface area contributed by atoms with Crippen LogP contribution in [0, 0.1) is 6.92 Å². The molecule has 3 amide bonds. The lowest BCUT2D eigenvalue weighted by molar-refractivity contribution is 0.132. The van der Waals surface area contributed by atoms with Crippen LogP contribution >= 0.6 is 0 Å². The van der Waals surface area contributed by atoms with Gasteiger partial charge in [0.05, 0.1) is 16.9 Å². The van der Waals surface area contributed by atoms with Gasteiger partial charge in [-0.05, 0) is 68.9 Å². The maximum absolute atomic E-state index is 13.0. The number of amides is 3. The summed E-state index contributed by atoms with van der Waals surface area (Å²) in [7, 11) is 0. The minimum Gasteiger partial charge on any atom is -0.465 e. The minimum atomic E-state index is -0.918. The molecule has 0 unspecified atom stereocenters. The highest BCUT2D eigenvalue weighted by Gasteiger charge is 2.24. The number of aromatic nitrogens is 3. The molecule has 2 saturated heterocycles. The summed E-state index contributed by atoms with van der Waals surface area (Å²) in [6, 6.07) is 15.1. The SMILES string of the molecule is Cc1ccc2c(NC(=O)N3CCCCC3)cccc2c1Oc1ncccc1-c1ccnc(N[C@H]2CCCN(C(=O)O)C2)n1. The Hall–Kier alpha value is -4.93. The van der Waals surface area contributed by atoms with Gasteiger partial charge < -0.3 is 30.3 Å². The van der Waals surface area contributed by atoms with Crippen molar-refractivity contribution in [3.05, 3.63) is 66.5 Å². The fraction of sp³-hybridized carbons (Fsp3) is 0.344. The topological polar surface area (TPSA) is 133 Å². The molecule has 0 aliphatic carbocycles. The van der Waals surface area contributed by atoms with Crippen molar-refractivity contribution in [2.24, 2.45) is 0 Å². The van der Waals surface area contributed by atoms with Gasteiger partial charge in [-0.3, -0.25) is 0 Å². The molecule has 0 spiro atoms. The van der Waals surface area contributed by atoms with Crippen LogP contribution in [0.5, 0.6) is 11.6 Å². The Kier molecular flexibility index (Phi) is 8.21. The molecule has 2 aromatic heterocycles. The van der Waals surface area contributed by atoms with Crippen molar-refractivity contribution < 1.29 is 19.4 Å². The van der Waals surface area contributed by atoms with Gasteiger partial charge in [0.1, 0.15) is 5.75 Å². The molecule has 11 nitrogen and oxygen atoms in total. The number of likely N-dealkylation sites (tertiary alicyclic amines) is 2. The summed E-state index contributed by atoms with van der Waals surface area (Å²) in [5.41, 5.74) is 2.97. The van der Waals surface area contributed by atoms with Crippen LogP contribution in [0.25, 0.3) is 22.0 Å². The number of carbonyl (C=O) groups excluding carboxylic acids is 1. The summed E-state index contributed by atoms with van der Waals surface area (Å²) in [4.78, 5) is 41.4. The first-order valence-corrected chi connectivity index (χ1v) is 14.8. The van der Waals surface area contributed by atoms with Crippen molar-refractivity contribution >= 4 is 34.5 Å². The van der Waals surface area contributed by atoms with E-state index in [1.54, 1.807) is 18.5 Å². The number of benzene rings is 2. The van der Waals surface area contributed by atoms with Crippen molar-refractivity contribution in [2.75, 3.05) is 36.8 Å². The Bertz CT molecular complexity index is 1640. The van der Waals surface area contributed by atoms with Gasteiger partial charge in [0.2, 0.25) is 11.8 Å². The molecule has 0 bridgehead atoms. The fourth-order valence-corrected chi connectivity index (χ4v) is 5.77. The zero-order chi connectivity index (χ0) is 29.8. The number of pyridine rings is 1. The first-order valence-electron chi connectivity index (χ1n) is 14.8. The Labute approximate surface area is 249 Å². The highest BCUT2D eigenvalue weighted by atomic mass is 16.5. The maximum Gasteiger partial charge on any atom is 0.407 e. The molecule has 2 aromatic carbocycles. The number of rotatable bonds is 6. The zero-order valence-corrected chi connectivity index (χ0v) is 24.1. The van der Waals surface area contributed by atoms with E-state index in [9.17, 15) is 14.7 Å². The second kappa shape index (κ2) is 12.5. The lowest BCUT2D eigenvalue weighted by Gasteiger charge is -2.31. The molecular formula is C32H35N7O4. The van der Waals surface area contributed by atoms with E-state index in [1.165, 1.54) is 4.90 Å². The minimum absolute atomic E-state index is 0.0762. The number of anilines is 2. The normalized spacial score (nSPS) is 17.0. The average molecular weight is 582 g/mol. The average Bonchev–Trinajstić information content (AvgIpc) is 3.03. The molecule has 43 heavy (non-hydrogen) atoms. The van der Waals surface area contributed by atoms with Crippen LogP contribution in [0.1, 0.15) is 37.7 Å². The number of nitrogens with zero attached hydrogens (tertiary/aromatic N) is 5. The molecule has 2 aliphatic rings. The van der Waals surface area contributed by atoms with Gasteiger partial charge in [-0.2, -0.15) is 0 Å². The summed E-state index contributed by atoms with van der Waals surface area (Å²) < 4.78 is 6.53. The number of hydrogen-bond acceptors (Lipinski definition) is 7. The van der Waals surface area contributed by atoms with Gasteiger partial charge in [0.25, 0.3) is 0 Å². The van der Waals surface area contributed by atoms with E-state index in [1.807, 2.05) is 54.3 Å². The van der Waals surface area contributed by atoms with Crippen molar-refractivity contribution in [1.82, 2.24) is 24.8 Å². The smallest absolute Gasteiger partial charge is 0.407 e. The van der Waals surface area contributed by atoms with Crippen LogP contribution in [-0.2, 0) is 0 Å². The van der Waals surface area contributed by atoms with E-state index >= 15 is 0 Å². The number of fused-ring (bicyclic) bond motifs is 1. The summed E-state index contributed by atoms with van der Waals surface area (Å²) in [6.45, 7) is 4.44. The molecule has 3 N–H and O–H groups in total. The van der Waals surface area contributed by atoms with Gasteiger partial charge in [0, 0.05) is 55.4 Å². The van der Waals surface area contributed by atoms with Crippen LogP contribution in [-0.4, -0.2) is 74.2 Å². The molecule has 0 radical (unpaired) electrons. The molecule has 1 atom stereocenters. The van der Waals surface area contributed by atoms with Crippen LogP contribution < -0.4 is 15.4 Å². The lowest BCUT2D eigenvalue weighted by atomic mass is 10.0. The number of urea groups is 1. The third-order valence-electron chi connectivity index (χ3n) is 8.02. The Morgan fingerprint density at radius 3 is 2.58 bits per heavy atom. The van der Waals surface area contributed by atoms with E-state index in [-0.39, 0.29) is 12.1 Å². The Morgan fingerprint density at radius 1 is 0.907 bits per heavy atom. The predicted octanol–water partition coefficient (Wildman–Crippen LogP) is 6.36. The van der Waals surface area contributed by atoms with Crippen LogP contribution in [0.4, 0.5) is 21.2 Å². The molecule has 2 fully saturated rings. The summed E-state index contributed by atoms with van der Waals surface area (Å²) >= 11 is 0. The number of hydrogen-bond donors (Lipinski definition) is 3. The van der Waals surface area contributed by atoms with E-state index in [0.29, 0.717) is 41.9 Å². The van der Waals surface area contributed by atoms with Crippen molar-refractivity contribution in [1.29, 1.82) is 0 Å². The zero-order valence-electron chi connectivity index (χ0n) is 24.1. The first kappa shape index (κ1) is 28.2. The second-order valence-corrected chi connectivity index (χ2v) is 11.0.